The fourth-order valence-electron chi connectivity index (χ4n) is 1.90. The van der Waals surface area contributed by atoms with E-state index in [9.17, 15) is 4.79 Å². The molecular weight excluding hydrogens is 238 g/mol. The quantitative estimate of drug-likeness (QED) is 0.774. The molecule has 1 aliphatic rings. The lowest BCUT2D eigenvalue weighted by atomic mass is 10.1. The molecule has 4 heteroatoms. The Morgan fingerprint density at radius 3 is 2.88 bits per heavy atom. The van der Waals surface area contributed by atoms with Crippen LogP contribution >= 0.6 is 11.6 Å². The Hall–Kier alpha value is -1.22. The second-order valence-corrected chi connectivity index (χ2v) is 4.80. The first kappa shape index (κ1) is 12.2. The molecule has 17 heavy (non-hydrogen) atoms. The molecule has 0 radical (unpaired) electrons. The molecule has 0 bridgehead atoms. The number of likely N-dealkylation sites (tertiary alicyclic amines) is 1. The van der Waals surface area contributed by atoms with Crippen LogP contribution in [0, 0.1) is 0 Å². The molecule has 0 saturated carbocycles. The maximum Gasteiger partial charge on any atom is 0.260 e. The molecule has 1 fully saturated rings. The number of hydrogen-bond donors (Lipinski definition) is 0. The van der Waals surface area contributed by atoms with Crippen molar-refractivity contribution in [2.75, 3.05) is 19.7 Å². The highest BCUT2D eigenvalue weighted by atomic mass is 35.5. The molecule has 1 aromatic rings. The number of carbonyl (C=O) groups excluding carboxylic acids is 1. The summed E-state index contributed by atoms with van der Waals surface area (Å²) in [5, 5.41) is 0.0874. The number of para-hydroxylation sites is 1. The maximum atomic E-state index is 11.9. The van der Waals surface area contributed by atoms with Crippen molar-refractivity contribution < 1.29 is 9.53 Å². The van der Waals surface area contributed by atoms with Crippen LogP contribution in [0.3, 0.4) is 0 Å². The lowest BCUT2D eigenvalue weighted by Gasteiger charge is -2.29. The van der Waals surface area contributed by atoms with Gasteiger partial charge in [0, 0.05) is 13.1 Å². The highest BCUT2D eigenvalue weighted by molar-refractivity contribution is 6.20. The molecule has 1 aromatic carbocycles. The van der Waals surface area contributed by atoms with Crippen LogP contribution in [0.25, 0.3) is 0 Å². The molecule has 1 atom stereocenters. The molecule has 1 saturated heterocycles. The van der Waals surface area contributed by atoms with Crippen LogP contribution in [0.2, 0.25) is 0 Å². The van der Waals surface area contributed by atoms with Crippen molar-refractivity contribution in [2.45, 2.75) is 18.2 Å². The molecule has 1 amide bonds. The van der Waals surface area contributed by atoms with E-state index in [-0.39, 0.29) is 17.9 Å². The lowest BCUT2D eigenvalue weighted by Crippen LogP contribution is -2.42. The zero-order chi connectivity index (χ0) is 12.1. The van der Waals surface area contributed by atoms with Gasteiger partial charge < -0.3 is 9.64 Å². The van der Waals surface area contributed by atoms with Gasteiger partial charge >= 0.3 is 0 Å². The van der Waals surface area contributed by atoms with E-state index in [4.69, 9.17) is 16.3 Å². The Morgan fingerprint density at radius 2 is 2.18 bits per heavy atom. The van der Waals surface area contributed by atoms with Crippen molar-refractivity contribution in [3.8, 4) is 5.75 Å². The van der Waals surface area contributed by atoms with E-state index in [1.165, 1.54) is 0 Å². The predicted molar refractivity (Wildman–Crippen MR) is 67.4 cm³/mol. The summed E-state index contributed by atoms with van der Waals surface area (Å²) in [7, 11) is 0. The van der Waals surface area contributed by atoms with Crippen LogP contribution in [0.1, 0.15) is 12.8 Å². The fourth-order valence-corrected chi connectivity index (χ4v) is 2.23. The first-order valence-corrected chi connectivity index (χ1v) is 6.29. The Kier molecular flexibility index (Phi) is 4.26. The Balaban J connectivity index is 1.81. The van der Waals surface area contributed by atoms with Gasteiger partial charge in [0.05, 0.1) is 5.38 Å². The van der Waals surface area contributed by atoms with Crippen molar-refractivity contribution in [1.82, 2.24) is 4.90 Å². The molecule has 1 aliphatic heterocycles. The molecule has 92 valence electrons. The van der Waals surface area contributed by atoms with Crippen molar-refractivity contribution in [1.29, 1.82) is 0 Å². The van der Waals surface area contributed by atoms with Gasteiger partial charge in [-0.2, -0.15) is 0 Å². The number of nitrogens with zero attached hydrogens (tertiary/aromatic N) is 1. The average molecular weight is 254 g/mol. The van der Waals surface area contributed by atoms with Gasteiger partial charge in [0.25, 0.3) is 5.91 Å². The first-order chi connectivity index (χ1) is 8.25. The van der Waals surface area contributed by atoms with E-state index in [1.807, 2.05) is 30.3 Å². The number of halogens is 1. The Labute approximate surface area is 106 Å². The molecule has 0 N–H and O–H groups in total. The first-order valence-electron chi connectivity index (χ1n) is 5.85. The molecular formula is C13H16ClNO2. The van der Waals surface area contributed by atoms with Crippen LogP contribution < -0.4 is 4.74 Å². The predicted octanol–water partition coefficient (Wildman–Crippen LogP) is 2.30. The molecule has 0 aliphatic carbocycles. The summed E-state index contributed by atoms with van der Waals surface area (Å²) in [6.07, 6.45) is 1.97. The van der Waals surface area contributed by atoms with Crippen molar-refractivity contribution in [2.24, 2.45) is 0 Å². The maximum absolute atomic E-state index is 11.9. The number of carbonyl (C=O) groups is 1. The largest absolute Gasteiger partial charge is 0.484 e. The van der Waals surface area contributed by atoms with E-state index in [0.29, 0.717) is 6.54 Å². The molecule has 0 spiro atoms. The molecule has 1 heterocycles. The summed E-state index contributed by atoms with van der Waals surface area (Å²) in [6, 6.07) is 9.37. The minimum Gasteiger partial charge on any atom is -0.484 e. The Bertz CT molecular complexity index is 369. The number of piperidine rings is 1. The third kappa shape index (κ3) is 3.63. The van der Waals surface area contributed by atoms with Gasteiger partial charge in [0.2, 0.25) is 0 Å². The van der Waals surface area contributed by atoms with Crippen molar-refractivity contribution in [3.63, 3.8) is 0 Å². The summed E-state index contributed by atoms with van der Waals surface area (Å²) in [5.74, 6) is 0.736. The van der Waals surface area contributed by atoms with E-state index in [0.717, 1.165) is 25.1 Å². The summed E-state index contributed by atoms with van der Waals surface area (Å²) < 4.78 is 5.42. The van der Waals surface area contributed by atoms with Crippen LogP contribution in [-0.4, -0.2) is 35.9 Å². The smallest absolute Gasteiger partial charge is 0.260 e. The normalized spacial score (nSPS) is 20.1. The zero-order valence-electron chi connectivity index (χ0n) is 9.64. The summed E-state index contributed by atoms with van der Waals surface area (Å²) in [6.45, 7) is 1.52. The van der Waals surface area contributed by atoms with Gasteiger partial charge in [-0.25, -0.2) is 0 Å². The van der Waals surface area contributed by atoms with Crippen molar-refractivity contribution >= 4 is 17.5 Å². The van der Waals surface area contributed by atoms with E-state index in [2.05, 4.69) is 0 Å². The summed E-state index contributed by atoms with van der Waals surface area (Å²) >= 11 is 6.04. The van der Waals surface area contributed by atoms with Crippen molar-refractivity contribution in [3.05, 3.63) is 30.3 Å². The van der Waals surface area contributed by atoms with E-state index in [1.54, 1.807) is 4.90 Å². The van der Waals surface area contributed by atoms with Gasteiger partial charge in [0.15, 0.2) is 6.61 Å². The van der Waals surface area contributed by atoms with Gasteiger partial charge in [-0.15, -0.1) is 11.6 Å². The topological polar surface area (TPSA) is 29.5 Å². The highest BCUT2D eigenvalue weighted by Gasteiger charge is 2.22. The van der Waals surface area contributed by atoms with E-state index < -0.39 is 0 Å². The standard InChI is InChI=1S/C13H16ClNO2/c14-11-5-4-8-15(9-11)13(16)10-17-12-6-2-1-3-7-12/h1-3,6-7,11H,4-5,8-10H2. The SMILES string of the molecule is O=C(COc1ccccc1)N1CCCC(Cl)C1. The number of hydrogen-bond acceptors (Lipinski definition) is 2. The Morgan fingerprint density at radius 1 is 1.41 bits per heavy atom. The third-order valence-electron chi connectivity index (χ3n) is 2.82. The van der Waals surface area contributed by atoms with Gasteiger partial charge in [-0.05, 0) is 25.0 Å². The number of rotatable bonds is 3. The second-order valence-electron chi connectivity index (χ2n) is 4.18. The fraction of sp³-hybridized carbons (Fsp3) is 0.462. The van der Waals surface area contributed by atoms with Crippen LogP contribution in [0.5, 0.6) is 5.75 Å². The third-order valence-corrected chi connectivity index (χ3v) is 3.18. The number of amides is 1. The molecule has 3 nitrogen and oxygen atoms in total. The minimum absolute atomic E-state index is 0.0132. The van der Waals surface area contributed by atoms with Crippen LogP contribution in [-0.2, 0) is 4.79 Å². The molecule has 0 aromatic heterocycles. The van der Waals surface area contributed by atoms with E-state index >= 15 is 0 Å². The summed E-state index contributed by atoms with van der Waals surface area (Å²) in [4.78, 5) is 13.6. The number of benzene rings is 1. The number of alkyl halides is 1. The highest BCUT2D eigenvalue weighted by Crippen LogP contribution is 2.15. The monoisotopic (exact) mass is 253 g/mol. The lowest BCUT2D eigenvalue weighted by molar-refractivity contribution is -0.134. The van der Waals surface area contributed by atoms with Gasteiger partial charge in [0.1, 0.15) is 5.75 Å². The molecule has 1 unspecified atom stereocenters. The average Bonchev–Trinajstić information content (AvgIpc) is 2.37. The second kappa shape index (κ2) is 5.92. The van der Waals surface area contributed by atoms with Gasteiger partial charge in [-0.3, -0.25) is 4.79 Å². The number of ether oxygens (including phenoxy) is 1. The van der Waals surface area contributed by atoms with Gasteiger partial charge in [-0.1, -0.05) is 18.2 Å². The summed E-state index contributed by atoms with van der Waals surface area (Å²) in [5.41, 5.74) is 0. The van der Waals surface area contributed by atoms with Crippen LogP contribution in [0.4, 0.5) is 0 Å². The minimum atomic E-state index is 0.0132. The molecule has 2 rings (SSSR count). The zero-order valence-corrected chi connectivity index (χ0v) is 10.4. The van der Waals surface area contributed by atoms with Crippen LogP contribution in [0.15, 0.2) is 30.3 Å².